The first-order chi connectivity index (χ1) is 12.8. The predicted octanol–water partition coefficient (Wildman–Crippen LogP) is 1.65. The van der Waals surface area contributed by atoms with Crippen LogP contribution in [-0.4, -0.2) is 34.7 Å². The minimum absolute atomic E-state index is 0.112. The van der Waals surface area contributed by atoms with E-state index in [9.17, 15) is 24.6 Å². The summed E-state index contributed by atoms with van der Waals surface area (Å²) in [6.45, 7) is 0. The predicted molar refractivity (Wildman–Crippen MR) is 91.4 cm³/mol. The molecular formula is C19H12O8. The normalized spacial score (nSPS) is 15.1. The molecule has 0 saturated carbocycles. The van der Waals surface area contributed by atoms with Crippen LogP contribution in [-0.2, 0) is 0 Å². The summed E-state index contributed by atoms with van der Waals surface area (Å²) in [5.74, 6) is -4.50. The summed E-state index contributed by atoms with van der Waals surface area (Å²) < 4.78 is 15.9. The van der Waals surface area contributed by atoms with E-state index in [1.807, 2.05) is 0 Å². The molecule has 1 aliphatic rings. The number of ketones is 2. The zero-order chi connectivity index (χ0) is 19.3. The van der Waals surface area contributed by atoms with Crippen molar-refractivity contribution in [3.63, 3.8) is 0 Å². The Morgan fingerprint density at radius 3 is 2.33 bits per heavy atom. The second-order valence-electron chi connectivity index (χ2n) is 5.93. The lowest BCUT2D eigenvalue weighted by molar-refractivity contribution is -0.0857. The Labute approximate surface area is 151 Å². The fourth-order valence-corrected chi connectivity index (χ4v) is 2.90. The molecule has 2 aromatic carbocycles. The second kappa shape index (κ2) is 5.76. The molecule has 27 heavy (non-hydrogen) atoms. The third-order valence-electron chi connectivity index (χ3n) is 4.26. The number of benzene rings is 2. The van der Waals surface area contributed by atoms with Gasteiger partial charge in [0.25, 0.3) is 5.79 Å². The highest BCUT2D eigenvalue weighted by Crippen LogP contribution is 2.35. The van der Waals surface area contributed by atoms with Crippen molar-refractivity contribution in [1.82, 2.24) is 0 Å². The van der Waals surface area contributed by atoms with Gasteiger partial charge in [0, 0.05) is 17.2 Å². The van der Waals surface area contributed by atoms with Crippen LogP contribution in [0.4, 0.5) is 0 Å². The number of hydrogen-bond acceptors (Lipinski definition) is 8. The smallest absolute Gasteiger partial charge is 0.339 e. The summed E-state index contributed by atoms with van der Waals surface area (Å²) in [5.41, 5.74) is -0.687. The summed E-state index contributed by atoms with van der Waals surface area (Å²) in [4.78, 5) is 35.7. The molecule has 0 radical (unpaired) electrons. The van der Waals surface area contributed by atoms with Gasteiger partial charge < -0.3 is 24.1 Å². The maximum Gasteiger partial charge on any atom is 0.339 e. The molecule has 4 rings (SSSR count). The zero-order valence-corrected chi connectivity index (χ0v) is 13.9. The molecule has 0 aliphatic heterocycles. The van der Waals surface area contributed by atoms with Gasteiger partial charge in [-0.2, -0.15) is 0 Å². The Morgan fingerprint density at radius 2 is 1.59 bits per heavy atom. The fourth-order valence-electron chi connectivity index (χ4n) is 2.90. The standard InChI is InChI=1S/C19H12O8/c1-25-9-2-5-12-14(7-9)27-16(20)8-15(12)26-10-3-4-11-13(6-10)18(22)19(23,24)17(11)21/h2-8,23-24H,1H3. The third kappa shape index (κ3) is 2.59. The molecule has 1 heterocycles. The first-order valence-corrected chi connectivity index (χ1v) is 7.79. The monoisotopic (exact) mass is 368 g/mol. The summed E-state index contributed by atoms with van der Waals surface area (Å²) in [6, 6.07) is 9.82. The van der Waals surface area contributed by atoms with Crippen molar-refractivity contribution in [2.24, 2.45) is 0 Å². The highest BCUT2D eigenvalue weighted by atomic mass is 16.5. The van der Waals surface area contributed by atoms with Crippen molar-refractivity contribution in [1.29, 1.82) is 0 Å². The second-order valence-corrected chi connectivity index (χ2v) is 5.93. The quantitative estimate of drug-likeness (QED) is 0.406. The van der Waals surface area contributed by atoms with Crippen LogP contribution in [0, 0.1) is 0 Å². The minimum Gasteiger partial charge on any atom is -0.497 e. The Morgan fingerprint density at radius 1 is 0.889 bits per heavy atom. The van der Waals surface area contributed by atoms with Crippen molar-refractivity contribution < 1.29 is 33.7 Å². The molecule has 1 aromatic heterocycles. The Balaban J connectivity index is 1.78. The van der Waals surface area contributed by atoms with Crippen LogP contribution in [0.2, 0.25) is 0 Å². The van der Waals surface area contributed by atoms with E-state index in [2.05, 4.69) is 0 Å². The molecule has 0 atom stereocenters. The summed E-state index contributed by atoms with van der Waals surface area (Å²) in [5, 5.41) is 19.7. The van der Waals surface area contributed by atoms with Gasteiger partial charge in [0.15, 0.2) is 0 Å². The summed E-state index contributed by atoms with van der Waals surface area (Å²) in [6.07, 6.45) is 0. The zero-order valence-electron chi connectivity index (χ0n) is 13.9. The molecule has 0 amide bonds. The van der Waals surface area contributed by atoms with E-state index >= 15 is 0 Å². The van der Waals surface area contributed by atoms with Crippen LogP contribution < -0.4 is 15.1 Å². The molecule has 2 N–H and O–H groups in total. The van der Waals surface area contributed by atoms with Gasteiger partial charge in [-0.3, -0.25) is 9.59 Å². The highest BCUT2D eigenvalue weighted by molar-refractivity contribution is 6.30. The molecular weight excluding hydrogens is 356 g/mol. The number of methoxy groups -OCH3 is 1. The largest absolute Gasteiger partial charge is 0.497 e. The third-order valence-corrected chi connectivity index (χ3v) is 4.26. The first-order valence-electron chi connectivity index (χ1n) is 7.79. The molecule has 8 nitrogen and oxygen atoms in total. The van der Waals surface area contributed by atoms with Crippen molar-refractivity contribution >= 4 is 22.5 Å². The number of carbonyl (C=O) groups is 2. The lowest BCUT2D eigenvalue weighted by Crippen LogP contribution is -2.40. The maximum atomic E-state index is 12.0. The molecule has 8 heteroatoms. The topological polar surface area (TPSA) is 123 Å². The van der Waals surface area contributed by atoms with E-state index in [-0.39, 0.29) is 28.2 Å². The number of carbonyl (C=O) groups excluding carboxylic acids is 2. The van der Waals surface area contributed by atoms with Gasteiger partial charge in [-0.1, -0.05) is 0 Å². The molecule has 136 valence electrons. The molecule has 0 spiro atoms. The van der Waals surface area contributed by atoms with Crippen molar-refractivity contribution in [2.75, 3.05) is 7.11 Å². The van der Waals surface area contributed by atoms with Crippen LogP contribution in [0.5, 0.6) is 17.2 Å². The van der Waals surface area contributed by atoms with Gasteiger partial charge in [-0.25, -0.2) is 4.79 Å². The number of ether oxygens (including phenoxy) is 2. The van der Waals surface area contributed by atoms with Crippen molar-refractivity contribution in [3.8, 4) is 17.2 Å². The van der Waals surface area contributed by atoms with Gasteiger partial charge in [-0.15, -0.1) is 0 Å². The van der Waals surface area contributed by atoms with Crippen molar-refractivity contribution in [3.05, 3.63) is 64.0 Å². The number of hydrogen-bond donors (Lipinski definition) is 2. The van der Waals surface area contributed by atoms with Gasteiger partial charge >= 0.3 is 5.63 Å². The lowest BCUT2D eigenvalue weighted by atomic mass is 10.1. The Kier molecular flexibility index (Phi) is 3.62. The van der Waals surface area contributed by atoms with Crippen LogP contribution in [0.3, 0.4) is 0 Å². The van der Waals surface area contributed by atoms with E-state index in [1.165, 1.54) is 31.4 Å². The van der Waals surface area contributed by atoms with Gasteiger partial charge in [0.2, 0.25) is 11.6 Å². The SMILES string of the molecule is COc1ccc2c(Oc3ccc4c(c3)C(=O)C(O)(O)C4=O)cc(=O)oc2c1. The van der Waals surface area contributed by atoms with E-state index in [4.69, 9.17) is 13.9 Å². The summed E-state index contributed by atoms with van der Waals surface area (Å²) >= 11 is 0. The minimum atomic E-state index is -3.07. The first kappa shape index (κ1) is 17.0. The Bertz CT molecular complexity index is 1170. The molecule has 1 aliphatic carbocycles. The molecule has 0 unspecified atom stereocenters. The molecule has 3 aromatic rings. The van der Waals surface area contributed by atoms with Crippen LogP contribution in [0.1, 0.15) is 20.7 Å². The molecule has 0 bridgehead atoms. The van der Waals surface area contributed by atoms with Gasteiger partial charge in [-0.05, 0) is 30.3 Å². The van der Waals surface area contributed by atoms with Gasteiger partial charge in [0.05, 0.1) is 18.6 Å². The number of fused-ring (bicyclic) bond motifs is 2. The molecule has 0 fully saturated rings. The van der Waals surface area contributed by atoms with Crippen molar-refractivity contribution in [2.45, 2.75) is 5.79 Å². The molecule has 0 saturated heterocycles. The van der Waals surface area contributed by atoms with E-state index in [1.54, 1.807) is 12.1 Å². The van der Waals surface area contributed by atoms with Crippen LogP contribution in [0.15, 0.2) is 51.7 Å². The number of aliphatic hydroxyl groups is 2. The highest BCUT2D eigenvalue weighted by Gasteiger charge is 2.51. The Hall–Kier alpha value is -3.49. The number of rotatable bonds is 3. The van der Waals surface area contributed by atoms with Crippen LogP contribution in [0.25, 0.3) is 11.0 Å². The van der Waals surface area contributed by atoms with Crippen LogP contribution >= 0.6 is 0 Å². The maximum absolute atomic E-state index is 12.0. The average molecular weight is 368 g/mol. The van der Waals surface area contributed by atoms with E-state index in [0.717, 1.165) is 6.07 Å². The number of Topliss-reactive ketones (excluding diaryl/α,β-unsaturated/α-hetero) is 2. The average Bonchev–Trinajstić information content (AvgIpc) is 2.81. The van der Waals surface area contributed by atoms with Gasteiger partial charge in [0.1, 0.15) is 22.8 Å². The van der Waals surface area contributed by atoms with E-state index in [0.29, 0.717) is 11.1 Å². The summed E-state index contributed by atoms with van der Waals surface area (Å²) in [7, 11) is 1.48. The van der Waals surface area contributed by atoms with E-state index < -0.39 is 23.0 Å². The fraction of sp³-hybridized carbons (Fsp3) is 0.105. The lowest BCUT2D eigenvalue weighted by Gasteiger charge is -2.10.